The van der Waals surface area contributed by atoms with Crippen molar-refractivity contribution in [1.82, 2.24) is 0 Å². The van der Waals surface area contributed by atoms with Crippen molar-refractivity contribution in [1.29, 1.82) is 0 Å². The molecule has 0 spiro atoms. The third kappa shape index (κ3) is 7.40. The molecule has 1 N–H and O–H groups in total. The molecule has 2 rings (SSSR count). The van der Waals surface area contributed by atoms with Gasteiger partial charge in [-0.2, -0.15) is 0 Å². The third-order valence-electron chi connectivity index (χ3n) is 4.62. The summed E-state index contributed by atoms with van der Waals surface area (Å²) in [5, 5.41) is 14.7. The molecule has 11 heteroatoms. The number of hydrogen-bond acceptors (Lipinski definition) is 7. The molecule has 0 aliphatic carbocycles. The van der Waals surface area contributed by atoms with Crippen LogP contribution in [0.4, 0.5) is 24.5 Å². The van der Waals surface area contributed by atoms with Crippen LogP contribution in [0, 0.1) is 10.1 Å². The van der Waals surface area contributed by atoms with Gasteiger partial charge in [0, 0.05) is 29.8 Å². The number of rotatable bonds is 7. The second kappa shape index (κ2) is 9.35. The summed E-state index contributed by atoms with van der Waals surface area (Å²) in [6.45, 7) is 9.12. The molecule has 0 bridgehead atoms. The lowest BCUT2D eigenvalue weighted by Crippen LogP contribution is -2.49. The van der Waals surface area contributed by atoms with Gasteiger partial charge in [0.15, 0.2) is 0 Å². The fourth-order valence-electron chi connectivity index (χ4n) is 3.95. The maximum atomic E-state index is 13.0. The number of nitrogens with zero attached hydrogens (tertiary/aromatic N) is 1. The zero-order chi connectivity index (χ0) is 24.3. The molecule has 32 heavy (non-hydrogen) atoms. The van der Waals surface area contributed by atoms with Crippen molar-refractivity contribution in [2.75, 3.05) is 11.9 Å². The first kappa shape index (κ1) is 25.4. The Kier molecular flexibility index (Phi) is 7.44. The fourth-order valence-corrected chi connectivity index (χ4v) is 3.95. The van der Waals surface area contributed by atoms with Gasteiger partial charge in [0.1, 0.15) is 11.4 Å². The van der Waals surface area contributed by atoms with Crippen LogP contribution < -0.4 is 10.1 Å². The van der Waals surface area contributed by atoms with Gasteiger partial charge >= 0.3 is 12.3 Å². The van der Waals surface area contributed by atoms with Crippen molar-refractivity contribution in [2.24, 2.45) is 0 Å². The smallest absolute Gasteiger partial charge is 0.463 e. The summed E-state index contributed by atoms with van der Waals surface area (Å²) >= 11 is 0. The quantitative estimate of drug-likeness (QED) is 0.258. The van der Waals surface area contributed by atoms with Crippen LogP contribution in [0.2, 0.25) is 0 Å². The highest BCUT2D eigenvalue weighted by molar-refractivity contribution is 5.88. The molecular formula is C21H27F3N2O6. The first-order chi connectivity index (χ1) is 14.6. The van der Waals surface area contributed by atoms with Crippen molar-refractivity contribution in [3.8, 4) is 5.75 Å². The minimum Gasteiger partial charge on any atom is -0.463 e. The molecule has 0 saturated carbocycles. The Labute approximate surface area is 183 Å². The van der Waals surface area contributed by atoms with Crippen LogP contribution in [0.15, 0.2) is 18.2 Å². The van der Waals surface area contributed by atoms with Gasteiger partial charge in [0.05, 0.1) is 22.7 Å². The summed E-state index contributed by atoms with van der Waals surface area (Å²) in [4.78, 5) is 22.5. The number of nitrogens with one attached hydrogen (secondary N) is 1. The van der Waals surface area contributed by atoms with E-state index in [1.54, 1.807) is 6.92 Å². The molecule has 0 amide bonds. The Morgan fingerprint density at radius 3 is 2.38 bits per heavy atom. The van der Waals surface area contributed by atoms with E-state index in [1.807, 2.05) is 27.7 Å². The molecular weight excluding hydrogens is 433 g/mol. The maximum absolute atomic E-state index is 13.0. The summed E-state index contributed by atoms with van der Waals surface area (Å²) < 4.78 is 53.7. The predicted octanol–water partition coefficient (Wildman–Crippen LogP) is 5.22. The Morgan fingerprint density at radius 1 is 1.28 bits per heavy atom. The van der Waals surface area contributed by atoms with Crippen LogP contribution in [0.3, 0.4) is 0 Å². The van der Waals surface area contributed by atoms with Crippen LogP contribution in [-0.2, 0) is 14.3 Å². The standard InChI is InChI=1S/C21H27F3N2O6/c1-6-30-18(27)8-7-13-9-16(26(28)29)15(10-17(13)31-21(22,23)24)25-14-11-19(2,3)32-20(4,5)12-14/h7-10,14,25H,6,11-12H2,1-5H3/b8-7+. The largest absolute Gasteiger partial charge is 0.573 e. The molecule has 0 radical (unpaired) electrons. The van der Waals surface area contributed by atoms with Gasteiger partial charge in [-0.25, -0.2) is 4.79 Å². The molecule has 1 aliphatic heterocycles. The van der Waals surface area contributed by atoms with Gasteiger partial charge in [-0.15, -0.1) is 13.2 Å². The first-order valence-corrected chi connectivity index (χ1v) is 10.0. The number of halogens is 3. The zero-order valence-corrected chi connectivity index (χ0v) is 18.5. The third-order valence-corrected chi connectivity index (χ3v) is 4.62. The average Bonchev–Trinajstić information content (AvgIpc) is 2.56. The highest BCUT2D eigenvalue weighted by atomic mass is 19.4. The van der Waals surface area contributed by atoms with Crippen LogP contribution in [0.5, 0.6) is 5.75 Å². The molecule has 1 aliphatic rings. The molecule has 1 aromatic carbocycles. The highest BCUT2D eigenvalue weighted by Crippen LogP contribution is 2.40. The number of nitro benzene ring substituents is 1. The number of anilines is 1. The molecule has 0 atom stereocenters. The average molecular weight is 460 g/mol. The topological polar surface area (TPSA) is 99.9 Å². The summed E-state index contributed by atoms with van der Waals surface area (Å²) in [6.07, 6.45) is -2.22. The van der Waals surface area contributed by atoms with Crippen LogP contribution in [0.1, 0.15) is 53.0 Å². The highest BCUT2D eigenvalue weighted by Gasteiger charge is 2.40. The molecule has 0 aromatic heterocycles. The summed E-state index contributed by atoms with van der Waals surface area (Å²) in [5.74, 6) is -1.49. The number of nitro groups is 1. The van der Waals surface area contributed by atoms with Crippen molar-refractivity contribution < 1.29 is 37.1 Å². The molecule has 1 aromatic rings. The van der Waals surface area contributed by atoms with Gasteiger partial charge in [-0.3, -0.25) is 10.1 Å². The van der Waals surface area contributed by atoms with E-state index in [2.05, 4.69) is 10.1 Å². The van der Waals surface area contributed by atoms with Gasteiger partial charge in [0.2, 0.25) is 0 Å². The molecule has 178 valence electrons. The Morgan fingerprint density at radius 2 is 1.88 bits per heavy atom. The molecule has 1 heterocycles. The lowest BCUT2D eigenvalue weighted by atomic mass is 9.85. The van der Waals surface area contributed by atoms with E-state index >= 15 is 0 Å². The van der Waals surface area contributed by atoms with E-state index in [0.29, 0.717) is 12.8 Å². The van der Waals surface area contributed by atoms with E-state index in [4.69, 9.17) is 9.47 Å². The van der Waals surface area contributed by atoms with Crippen LogP contribution in [0.25, 0.3) is 6.08 Å². The zero-order valence-electron chi connectivity index (χ0n) is 18.5. The van der Waals surface area contributed by atoms with Crippen molar-refractivity contribution in [3.63, 3.8) is 0 Å². The van der Waals surface area contributed by atoms with Crippen LogP contribution >= 0.6 is 0 Å². The molecule has 1 saturated heterocycles. The van der Waals surface area contributed by atoms with Gasteiger partial charge in [-0.1, -0.05) is 0 Å². The summed E-state index contributed by atoms with van der Waals surface area (Å²) in [5.41, 5.74) is -1.95. The summed E-state index contributed by atoms with van der Waals surface area (Å²) in [7, 11) is 0. The Bertz CT molecular complexity index is 880. The number of carbonyl (C=O) groups is 1. The maximum Gasteiger partial charge on any atom is 0.573 e. The van der Waals surface area contributed by atoms with E-state index in [1.165, 1.54) is 0 Å². The SMILES string of the molecule is CCOC(=O)/C=C/c1cc([N+](=O)[O-])c(NC2CC(C)(C)OC(C)(C)C2)cc1OC(F)(F)F. The summed E-state index contributed by atoms with van der Waals surface area (Å²) in [6, 6.07) is 1.55. The number of benzene rings is 1. The van der Waals surface area contributed by atoms with Crippen molar-refractivity contribution in [3.05, 3.63) is 33.9 Å². The van der Waals surface area contributed by atoms with Crippen LogP contribution in [-0.4, -0.2) is 41.1 Å². The minimum atomic E-state index is -5.04. The fraction of sp³-hybridized carbons (Fsp3) is 0.571. The number of alkyl halides is 3. The van der Waals surface area contributed by atoms with Gasteiger partial charge < -0.3 is 19.5 Å². The lowest BCUT2D eigenvalue weighted by molar-refractivity contribution is -0.384. The number of carbonyl (C=O) groups excluding carboxylic acids is 1. The molecule has 1 fully saturated rings. The Hall–Kier alpha value is -2.82. The van der Waals surface area contributed by atoms with Crippen molar-refractivity contribution in [2.45, 2.75) is 71.1 Å². The van der Waals surface area contributed by atoms with E-state index < -0.39 is 39.9 Å². The lowest BCUT2D eigenvalue weighted by Gasteiger charge is -2.45. The molecule has 0 unspecified atom stereocenters. The van der Waals surface area contributed by atoms with Gasteiger partial charge in [0.25, 0.3) is 5.69 Å². The normalized spacial score (nSPS) is 18.4. The Balaban J connectivity index is 2.49. The first-order valence-electron chi connectivity index (χ1n) is 10.0. The second-order valence-electron chi connectivity index (χ2n) is 8.67. The predicted molar refractivity (Wildman–Crippen MR) is 111 cm³/mol. The number of esters is 1. The van der Waals surface area contributed by atoms with Crippen molar-refractivity contribution >= 4 is 23.4 Å². The monoisotopic (exact) mass is 460 g/mol. The molecule has 8 nitrogen and oxygen atoms in total. The van der Waals surface area contributed by atoms with E-state index in [0.717, 1.165) is 24.3 Å². The van der Waals surface area contributed by atoms with E-state index in [9.17, 15) is 28.1 Å². The minimum absolute atomic E-state index is 0.0654. The van der Waals surface area contributed by atoms with E-state index in [-0.39, 0.29) is 23.9 Å². The number of hydrogen-bond donors (Lipinski definition) is 1. The number of ether oxygens (including phenoxy) is 3. The van der Waals surface area contributed by atoms with Gasteiger partial charge in [-0.05, 0) is 53.5 Å². The second-order valence-corrected chi connectivity index (χ2v) is 8.67.